The molecule has 2 aromatic rings. The summed E-state index contributed by atoms with van der Waals surface area (Å²) >= 11 is 1.66. The normalized spacial score (nSPS) is 28.0. The minimum Gasteiger partial charge on any atom is -0.346 e. The Morgan fingerprint density at radius 3 is 2.95 bits per heavy atom. The van der Waals surface area contributed by atoms with Crippen LogP contribution in [0.1, 0.15) is 29.0 Å². The highest BCUT2D eigenvalue weighted by molar-refractivity contribution is 7.17. The van der Waals surface area contributed by atoms with Crippen LogP contribution in [0.15, 0.2) is 17.5 Å². The zero-order valence-corrected chi connectivity index (χ0v) is 12.9. The van der Waals surface area contributed by atoms with E-state index >= 15 is 0 Å². The van der Waals surface area contributed by atoms with Gasteiger partial charge in [-0.15, -0.1) is 11.3 Å². The molecule has 5 heteroatoms. The SMILES string of the molecule is Cc1nc(C(=O)N[C@H]2CN3CCC2CC3)cc2sccc12. The number of nitrogens with zero attached hydrogens (tertiary/aromatic N) is 2. The van der Waals surface area contributed by atoms with Crippen molar-refractivity contribution in [2.24, 2.45) is 5.92 Å². The first-order valence-electron chi connectivity index (χ1n) is 7.59. The number of thiophene rings is 1. The number of hydrogen-bond donors (Lipinski definition) is 1. The molecule has 0 aromatic carbocycles. The van der Waals surface area contributed by atoms with Gasteiger partial charge in [-0.2, -0.15) is 0 Å². The predicted molar refractivity (Wildman–Crippen MR) is 84.8 cm³/mol. The molecule has 1 N–H and O–H groups in total. The van der Waals surface area contributed by atoms with Gasteiger partial charge in [-0.25, -0.2) is 4.98 Å². The van der Waals surface area contributed by atoms with E-state index in [-0.39, 0.29) is 5.91 Å². The van der Waals surface area contributed by atoms with Gasteiger partial charge in [-0.1, -0.05) is 0 Å². The molecular weight excluding hydrogens is 282 g/mol. The lowest BCUT2D eigenvalue weighted by Crippen LogP contribution is -2.57. The van der Waals surface area contributed by atoms with Gasteiger partial charge in [0.25, 0.3) is 5.91 Å². The van der Waals surface area contributed by atoms with Crippen LogP contribution in [0.25, 0.3) is 10.1 Å². The smallest absolute Gasteiger partial charge is 0.270 e. The van der Waals surface area contributed by atoms with Crippen molar-refractivity contribution >= 4 is 27.3 Å². The van der Waals surface area contributed by atoms with Crippen molar-refractivity contribution in [2.45, 2.75) is 25.8 Å². The van der Waals surface area contributed by atoms with E-state index in [0.29, 0.717) is 17.7 Å². The van der Waals surface area contributed by atoms with Crippen molar-refractivity contribution in [3.05, 3.63) is 28.9 Å². The topological polar surface area (TPSA) is 45.2 Å². The van der Waals surface area contributed by atoms with Gasteiger partial charge in [0.1, 0.15) is 5.69 Å². The maximum absolute atomic E-state index is 12.5. The standard InChI is InChI=1S/C16H19N3OS/c1-10-12-4-7-21-15(12)8-13(17-10)16(20)18-14-9-19-5-2-11(14)3-6-19/h4,7-8,11,14H,2-3,5-6,9H2,1H3,(H,18,20)/t14-/m0/s1. The van der Waals surface area contributed by atoms with Crippen molar-refractivity contribution in [1.29, 1.82) is 0 Å². The highest BCUT2D eigenvalue weighted by Crippen LogP contribution is 2.28. The van der Waals surface area contributed by atoms with Crippen LogP contribution < -0.4 is 5.32 Å². The molecule has 1 atom stereocenters. The van der Waals surface area contributed by atoms with E-state index in [1.807, 2.05) is 13.0 Å². The summed E-state index contributed by atoms with van der Waals surface area (Å²) in [6.07, 6.45) is 2.42. The molecule has 3 aliphatic rings. The van der Waals surface area contributed by atoms with Gasteiger partial charge in [0.15, 0.2) is 0 Å². The fourth-order valence-electron chi connectivity index (χ4n) is 3.62. The predicted octanol–water partition coefficient (Wildman–Crippen LogP) is 2.43. The van der Waals surface area contributed by atoms with Crippen LogP contribution in [-0.4, -0.2) is 41.5 Å². The Balaban J connectivity index is 1.56. The minimum atomic E-state index is -0.0212. The lowest BCUT2D eigenvalue weighted by Gasteiger charge is -2.44. The lowest BCUT2D eigenvalue weighted by molar-refractivity contribution is 0.0618. The van der Waals surface area contributed by atoms with Gasteiger partial charge >= 0.3 is 0 Å². The molecule has 0 radical (unpaired) electrons. The number of piperidine rings is 3. The number of aryl methyl sites for hydroxylation is 1. The average molecular weight is 301 g/mol. The van der Waals surface area contributed by atoms with Gasteiger partial charge < -0.3 is 10.2 Å². The molecular formula is C16H19N3OS. The number of hydrogen-bond acceptors (Lipinski definition) is 4. The molecule has 2 aromatic heterocycles. The second kappa shape index (κ2) is 5.07. The molecule has 1 amide bonds. The van der Waals surface area contributed by atoms with Crippen LogP contribution in [-0.2, 0) is 0 Å². The van der Waals surface area contributed by atoms with Crippen molar-refractivity contribution in [1.82, 2.24) is 15.2 Å². The van der Waals surface area contributed by atoms with E-state index in [9.17, 15) is 4.79 Å². The maximum atomic E-state index is 12.5. The highest BCUT2D eigenvalue weighted by Gasteiger charge is 2.35. The van der Waals surface area contributed by atoms with Crippen molar-refractivity contribution in [3.63, 3.8) is 0 Å². The summed E-state index contributed by atoms with van der Waals surface area (Å²) in [7, 11) is 0. The quantitative estimate of drug-likeness (QED) is 0.926. The zero-order chi connectivity index (χ0) is 14.4. The highest BCUT2D eigenvalue weighted by atomic mass is 32.1. The van der Waals surface area contributed by atoms with E-state index in [0.717, 1.165) is 22.3 Å². The first-order valence-corrected chi connectivity index (χ1v) is 8.47. The molecule has 3 aliphatic heterocycles. The molecule has 0 spiro atoms. The third kappa shape index (κ3) is 2.34. The van der Waals surface area contributed by atoms with Crippen LogP contribution in [0, 0.1) is 12.8 Å². The molecule has 2 bridgehead atoms. The second-order valence-electron chi connectivity index (χ2n) is 6.14. The first kappa shape index (κ1) is 13.2. The second-order valence-corrected chi connectivity index (χ2v) is 7.09. The van der Waals surface area contributed by atoms with Crippen LogP contribution in [0.5, 0.6) is 0 Å². The van der Waals surface area contributed by atoms with E-state index in [4.69, 9.17) is 0 Å². The summed E-state index contributed by atoms with van der Waals surface area (Å²) in [6.45, 7) is 5.35. The third-order valence-corrected chi connectivity index (χ3v) is 5.71. The Morgan fingerprint density at radius 1 is 1.43 bits per heavy atom. The molecule has 3 fully saturated rings. The van der Waals surface area contributed by atoms with Gasteiger partial charge in [-0.3, -0.25) is 4.79 Å². The molecule has 21 heavy (non-hydrogen) atoms. The first-order chi connectivity index (χ1) is 10.2. The largest absolute Gasteiger partial charge is 0.346 e. The van der Waals surface area contributed by atoms with E-state index in [1.165, 1.54) is 25.9 Å². The van der Waals surface area contributed by atoms with Crippen molar-refractivity contribution in [3.8, 4) is 0 Å². The fraction of sp³-hybridized carbons (Fsp3) is 0.500. The summed E-state index contributed by atoms with van der Waals surface area (Å²) in [4.78, 5) is 19.5. The Morgan fingerprint density at radius 2 is 2.24 bits per heavy atom. The molecule has 0 unspecified atom stereocenters. The summed E-state index contributed by atoms with van der Waals surface area (Å²) < 4.78 is 1.14. The molecule has 0 aliphatic carbocycles. The van der Waals surface area contributed by atoms with E-state index in [2.05, 4.69) is 26.6 Å². The monoisotopic (exact) mass is 301 g/mol. The Bertz CT molecular complexity index is 688. The van der Waals surface area contributed by atoms with E-state index < -0.39 is 0 Å². The van der Waals surface area contributed by atoms with Crippen LogP contribution in [0.2, 0.25) is 0 Å². The average Bonchev–Trinajstić information content (AvgIpc) is 2.97. The summed E-state index contributed by atoms with van der Waals surface area (Å²) in [6, 6.07) is 4.28. The third-order valence-electron chi connectivity index (χ3n) is 4.85. The van der Waals surface area contributed by atoms with Gasteiger partial charge in [0.2, 0.25) is 0 Å². The Kier molecular flexibility index (Phi) is 3.19. The number of pyridine rings is 1. The van der Waals surface area contributed by atoms with Crippen molar-refractivity contribution in [2.75, 3.05) is 19.6 Å². The number of nitrogens with one attached hydrogen (secondary N) is 1. The maximum Gasteiger partial charge on any atom is 0.270 e. The fourth-order valence-corrected chi connectivity index (χ4v) is 4.49. The van der Waals surface area contributed by atoms with Crippen LogP contribution >= 0.6 is 11.3 Å². The van der Waals surface area contributed by atoms with E-state index in [1.54, 1.807) is 11.3 Å². The lowest BCUT2D eigenvalue weighted by atomic mass is 9.84. The van der Waals surface area contributed by atoms with Crippen LogP contribution in [0.4, 0.5) is 0 Å². The van der Waals surface area contributed by atoms with Gasteiger partial charge in [-0.05, 0) is 56.3 Å². The minimum absolute atomic E-state index is 0.0212. The number of amides is 1. The van der Waals surface area contributed by atoms with Crippen LogP contribution in [0.3, 0.4) is 0 Å². The molecule has 4 nitrogen and oxygen atoms in total. The van der Waals surface area contributed by atoms with Gasteiger partial charge in [0, 0.05) is 28.4 Å². The molecule has 0 saturated carbocycles. The summed E-state index contributed by atoms with van der Waals surface area (Å²) in [5.41, 5.74) is 1.49. The number of aromatic nitrogens is 1. The Labute approximate surface area is 128 Å². The number of carbonyl (C=O) groups is 1. The number of rotatable bonds is 2. The zero-order valence-electron chi connectivity index (χ0n) is 12.1. The molecule has 110 valence electrons. The van der Waals surface area contributed by atoms with Gasteiger partial charge in [0.05, 0.1) is 0 Å². The molecule has 5 rings (SSSR count). The Hall–Kier alpha value is -1.46. The molecule has 3 saturated heterocycles. The number of carbonyl (C=O) groups excluding carboxylic acids is 1. The summed E-state index contributed by atoms with van der Waals surface area (Å²) in [5.74, 6) is 0.623. The summed E-state index contributed by atoms with van der Waals surface area (Å²) in [5, 5.41) is 6.41. The molecule has 5 heterocycles. The van der Waals surface area contributed by atoms with Crippen molar-refractivity contribution < 1.29 is 4.79 Å². The number of fused-ring (bicyclic) bond motifs is 4.